The van der Waals surface area contributed by atoms with Crippen molar-refractivity contribution in [3.05, 3.63) is 29.3 Å². The van der Waals surface area contributed by atoms with Crippen LogP contribution in [0.3, 0.4) is 0 Å². The molecule has 1 saturated heterocycles. The number of hydrogen-bond acceptors (Lipinski definition) is 3. The van der Waals surface area contributed by atoms with Crippen LogP contribution in [0.25, 0.3) is 0 Å². The summed E-state index contributed by atoms with van der Waals surface area (Å²) in [5.41, 5.74) is -0.834. The van der Waals surface area contributed by atoms with Crippen molar-refractivity contribution in [1.29, 1.82) is 0 Å². The Balaban J connectivity index is 2.40. The number of rotatable bonds is 3. The summed E-state index contributed by atoms with van der Waals surface area (Å²) in [6.45, 7) is 7.64. The zero-order valence-electron chi connectivity index (χ0n) is 13.4. The predicted octanol–water partition coefficient (Wildman–Crippen LogP) is 3.15. The SMILES string of the molecule is COCc1cc(C(F)(F)F)ccc1B1OC(C)(C)C(C)(C)O1. The molecule has 0 N–H and O–H groups in total. The van der Waals surface area contributed by atoms with Crippen LogP contribution in [-0.2, 0) is 26.8 Å². The summed E-state index contributed by atoms with van der Waals surface area (Å²) in [5.74, 6) is 0. The van der Waals surface area contributed by atoms with Crippen LogP contribution in [-0.4, -0.2) is 25.4 Å². The van der Waals surface area contributed by atoms with E-state index < -0.39 is 30.1 Å². The minimum Gasteiger partial charge on any atom is -0.399 e. The van der Waals surface area contributed by atoms with Crippen molar-refractivity contribution >= 4 is 12.6 Å². The van der Waals surface area contributed by atoms with Gasteiger partial charge in [-0.2, -0.15) is 13.2 Å². The largest absolute Gasteiger partial charge is 0.495 e. The quantitative estimate of drug-likeness (QED) is 0.802. The first-order valence-corrected chi connectivity index (χ1v) is 7.02. The van der Waals surface area contributed by atoms with E-state index in [4.69, 9.17) is 14.0 Å². The molecule has 0 radical (unpaired) electrons. The number of ether oxygens (including phenoxy) is 1. The van der Waals surface area contributed by atoms with E-state index >= 15 is 0 Å². The molecular formula is C15H20BF3O3. The van der Waals surface area contributed by atoms with Gasteiger partial charge in [-0.05, 0) is 44.8 Å². The number of hydrogen-bond donors (Lipinski definition) is 0. The molecule has 0 unspecified atom stereocenters. The van der Waals surface area contributed by atoms with Gasteiger partial charge in [0.05, 0.1) is 23.4 Å². The lowest BCUT2D eigenvalue weighted by Crippen LogP contribution is -2.41. The van der Waals surface area contributed by atoms with E-state index in [-0.39, 0.29) is 6.61 Å². The molecule has 1 aromatic rings. The first-order chi connectivity index (χ1) is 9.98. The standard InChI is InChI=1S/C15H20BF3O3/c1-13(2)14(3,4)22-16(21-13)12-7-6-11(15(17,18)19)8-10(12)9-20-5/h6-8H,9H2,1-5H3. The summed E-state index contributed by atoms with van der Waals surface area (Å²) < 4.78 is 55.4. The highest BCUT2D eigenvalue weighted by Gasteiger charge is 2.52. The van der Waals surface area contributed by atoms with Crippen molar-refractivity contribution in [3.63, 3.8) is 0 Å². The highest BCUT2D eigenvalue weighted by molar-refractivity contribution is 6.62. The molecule has 1 fully saturated rings. The molecular weight excluding hydrogens is 296 g/mol. The van der Waals surface area contributed by atoms with Gasteiger partial charge in [0.15, 0.2) is 0 Å². The van der Waals surface area contributed by atoms with Crippen molar-refractivity contribution in [1.82, 2.24) is 0 Å². The maximum absolute atomic E-state index is 12.9. The smallest absolute Gasteiger partial charge is 0.399 e. The van der Waals surface area contributed by atoms with Gasteiger partial charge in [0, 0.05) is 7.11 Å². The van der Waals surface area contributed by atoms with Gasteiger partial charge in [-0.15, -0.1) is 0 Å². The van der Waals surface area contributed by atoms with Gasteiger partial charge in [0.25, 0.3) is 0 Å². The van der Waals surface area contributed by atoms with Crippen molar-refractivity contribution < 1.29 is 27.2 Å². The lowest BCUT2D eigenvalue weighted by Gasteiger charge is -2.32. The lowest BCUT2D eigenvalue weighted by molar-refractivity contribution is -0.137. The van der Waals surface area contributed by atoms with Crippen molar-refractivity contribution in [2.24, 2.45) is 0 Å². The Morgan fingerprint density at radius 1 is 1.09 bits per heavy atom. The molecule has 0 aliphatic carbocycles. The fourth-order valence-electron chi connectivity index (χ4n) is 2.26. The van der Waals surface area contributed by atoms with E-state index in [1.54, 1.807) is 0 Å². The first-order valence-electron chi connectivity index (χ1n) is 7.02. The van der Waals surface area contributed by atoms with Crippen LogP contribution in [0.5, 0.6) is 0 Å². The highest BCUT2D eigenvalue weighted by Crippen LogP contribution is 2.37. The molecule has 0 bridgehead atoms. The summed E-state index contributed by atoms with van der Waals surface area (Å²) >= 11 is 0. The second-order valence-corrected chi connectivity index (χ2v) is 6.43. The molecule has 3 nitrogen and oxygen atoms in total. The van der Waals surface area contributed by atoms with Crippen molar-refractivity contribution in [2.45, 2.75) is 51.7 Å². The average molecular weight is 316 g/mol. The number of halogens is 3. The van der Waals surface area contributed by atoms with Gasteiger partial charge < -0.3 is 14.0 Å². The molecule has 1 heterocycles. The van der Waals surface area contributed by atoms with E-state index in [0.717, 1.165) is 12.1 Å². The van der Waals surface area contributed by atoms with Gasteiger partial charge in [-0.25, -0.2) is 0 Å². The van der Waals surface area contributed by atoms with E-state index in [1.807, 2.05) is 27.7 Å². The molecule has 1 aliphatic rings. The molecule has 1 aromatic carbocycles. The maximum atomic E-state index is 12.9. The Bertz CT molecular complexity index is 539. The van der Waals surface area contributed by atoms with Gasteiger partial charge in [-0.3, -0.25) is 0 Å². The fraction of sp³-hybridized carbons (Fsp3) is 0.600. The monoisotopic (exact) mass is 316 g/mol. The summed E-state index contributed by atoms with van der Waals surface area (Å²) in [6.07, 6.45) is -4.39. The zero-order valence-corrected chi connectivity index (χ0v) is 13.4. The second-order valence-electron chi connectivity index (χ2n) is 6.43. The molecule has 1 aliphatic heterocycles. The molecule has 122 valence electrons. The Morgan fingerprint density at radius 3 is 2.09 bits per heavy atom. The molecule has 7 heteroatoms. The molecule has 2 rings (SSSR count). The third-order valence-electron chi connectivity index (χ3n) is 4.28. The van der Waals surface area contributed by atoms with Crippen LogP contribution >= 0.6 is 0 Å². The second kappa shape index (κ2) is 5.55. The van der Waals surface area contributed by atoms with Gasteiger partial charge in [0.1, 0.15) is 0 Å². The van der Waals surface area contributed by atoms with Crippen LogP contribution in [0, 0.1) is 0 Å². The molecule has 0 atom stereocenters. The third-order valence-corrected chi connectivity index (χ3v) is 4.28. The number of benzene rings is 1. The maximum Gasteiger partial charge on any atom is 0.495 e. The van der Waals surface area contributed by atoms with Crippen molar-refractivity contribution in [3.8, 4) is 0 Å². The topological polar surface area (TPSA) is 27.7 Å². The van der Waals surface area contributed by atoms with E-state index in [2.05, 4.69) is 0 Å². The van der Waals surface area contributed by atoms with Crippen LogP contribution < -0.4 is 5.46 Å². The third kappa shape index (κ3) is 3.16. The molecule has 22 heavy (non-hydrogen) atoms. The van der Waals surface area contributed by atoms with Crippen LogP contribution in [0.2, 0.25) is 0 Å². The zero-order chi connectivity index (χ0) is 16.8. The van der Waals surface area contributed by atoms with Gasteiger partial charge in [0.2, 0.25) is 0 Å². The summed E-state index contributed by atoms with van der Waals surface area (Å²) in [4.78, 5) is 0. The Morgan fingerprint density at radius 2 is 1.64 bits per heavy atom. The van der Waals surface area contributed by atoms with E-state index in [0.29, 0.717) is 11.0 Å². The van der Waals surface area contributed by atoms with Crippen LogP contribution in [0.1, 0.15) is 38.8 Å². The summed E-state index contributed by atoms with van der Waals surface area (Å²) in [6, 6.07) is 3.53. The molecule has 0 spiro atoms. The first kappa shape index (κ1) is 17.3. The van der Waals surface area contributed by atoms with Gasteiger partial charge >= 0.3 is 13.3 Å². The number of methoxy groups -OCH3 is 1. The molecule has 0 saturated carbocycles. The average Bonchev–Trinajstić information content (AvgIpc) is 2.57. The predicted molar refractivity (Wildman–Crippen MR) is 77.9 cm³/mol. The van der Waals surface area contributed by atoms with Crippen LogP contribution in [0.4, 0.5) is 13.2 Å². The lowest BCUT2D eigenvalue weighted by atomic mass is 9.75. The normalized spacial score (nSPS) is 20.5. The summed E-state index contributed by atoms with van der Waals surface area (Å²) in [5, 5.41) is 0. The van der Waals surface area contributed by atoms with Crippen molar-refractivity contribution in [2.75, 3.05) is 7.11 Å². The number of alkyl halides is 3. The minimum atomic E-state index is -4.39. The van der Waals surface area contributed by atoms with Gasteiger partial charge in [-0.1, -0.05) is 12.1 Å². The highest BCUT2D eigenvalue weighted by atomic mass is 19.4. The Kier molecular flexibility index (Phi) is 4.36. The molecule has 0 amide bonds. The summed E-state index contributed by atoms with van der Waals surface area (Å²) in [7, 11) is 0.728. The minimum absolute atomic E-state index is 0.0589. The molecule has 0 aromatic heterocycles. The fourth-order valence-corrected chi connectivity index (χ4v) is 2.26. The van der Waals surface area contributed by atoms with E-state index in [1.165, 1.54) is 13.2 Å². The Labute approximate surface area is 128 Å². The Hall–Kier alpha value is -1.05. The van der Waals surface area contributed by atoms with E-state index in [9.17, 15) is 13.2 Å². The van der Waals surface area contributed by atoms with Crippen LogP contribution in [0.15, 0.2) is 18.2 Å².